The highest BCUT2D eigenvalue weighted by Crippen LogP contribution is 2.34. The van der Waals surface area contributed by atoms with Crippen molar-refractivity contribution in [2.45, 2.75) is 26.5 Å². The molecule has 3 rings (SSSR count). The van der Waals surface area contributed by atoms with Gasteiger partial charge in [0, 0.05) is 15.6 Å². The van der Waals surface area contributed by atoms with E-state index in [1.807, 2.05) is 0 Å². The summed E-state index contributed by atoms with van der Waals surface area (Å²) in [7, 11) is 0. The highest BCUT2D eigenvalue weighted by Gasteiger charge is 2.25. The first-order chi connectivity index (χ1) is 13.9. The maximum Gasteiger partial charge on any atom is 0.348 e. The molecule has 1 atom stereocenters. The number of amides is 1. The standard InChI is InChI=1S/C20H18FNO6S/c1-3-26-20(25)17-12(16-13(21)6-4-8-15(16)29-17)10-28-19(24)11(2)22-18(23)14-7-5-9-27-14/h4-9,11H,3,10H2,1-2H3,(H,22,23)/t11-/m0/s1. The van der Waals surface area contributed by atoms with Crippen molar-refractivity contribution in [1.82, 2.24) is 5.32 Å². The van der Waals surface area contributed by atoms with Gasteiger partial charge in [0.05, 0.1) is 12.9 Å². The van der Waals surface area contributed by atoms with E-state index >= 15 is 0 Å². The summed E-state index contributed by atoms with van der Waals surface area (Å²) in [6, 6.07) is 6.49. The van der Waals surface area contributed by atoms with Gasteiger partial charge >= 0.3 is 11.9 Å². The monoisotopic (exact) mass is 419 g/mol. The van der Waals surface area contributed by atoms with E-state index in [2.05, 4.69) is 5.32 Å². The molecule has 0 aliphatic heterocycles. The Bertz CT molecular complexity index is 1040. The van der Waals surface area contributed by atoms with Crippen molar-refractivity contribution >= 4 is 39.3 Å². The third kappa shape index (κ3) is 4.45. The molecule has 1 aromatic carbocycles. The van der Waals surface area contributed by atoms with Crippen molar-refractivity contribution in [3.63, 3.8) is 0 Å². The molecule has 3 aromatic rings. The zero-order valence-corrected chi connectivity index (χ0v) is 16.5. The van der Waals surface area contributed by atoms with E-state index in [9.17, 15) is 18.8 Å². The van der Waals surface area contributed by atoms with Crippen LogP contribution in [-0.2, 0) is 20.9 Å². The lowest BCUT2D eigenvalue weighted by atomic mass is 10.1. The fourth-order valence-corrected chi connectivity index (χ4v) is 3.79. The van der Waals surface area contributed by atoms with Crippen LogP contribution in [0.1, 0.15) is 39.6 Å². The van der Waals surface area contributed by atoms with E-state index in [-0.39, 0.29) is 34.8 Å². The number of carbonyl (C=O) groups excluding carboxylic acids is 3. The molecule has 0 radical (unpaired) electrons. The highest BCUT2D eigenvalue weighted by atomic mass is 32.1. The van der Waals surface area contributed by atoms with Gasteiger partial charge in [-0.15, -0.1) is 11.3 Å². The van der Waals surface area contributed by atoms with Crippen molar-refractivity contribution in [1.29, 1.82) is 0 Å². The summed E-state index contributed by atoms with van der Waals surface area (Å²) in [6.45, 7) is 2.93. The molecule has 29 heavy (non-hydrogen) atoms. The van der Waals surface area contributed by atoms with Crippen molar-refractivity contribution in [2.24, 2.45) is 0 Å². The minimum Gasteiger partial charge on any atom is -0.462 e. The van der Waals surface area contributed by atoms with Gasteiger partial charge in [-0.3, -0.25) is 4.79 Å². The predicted octanol–water partition coefficient (Wildman–Crippen LogP) is 3.67. The van der Waals surface area contributed by atoms with Gasteiger partial charge in [0.1, 0.15) is 23.3 Å². The first-order valence-electron chi connectivity index (χ1n) is 8.80. The Kier molecular flexibility index (Phi) is 6.28. The largest absolute Gasteiger partial charge is 0.462 e. The Balaban J connectivity index is 1.76. The van der Waals surface area contributed by atoms with Crippen LogP contribution in [0, 0.1) is 5.82 Å². The molecule has 152 valence electrons. The third-order valence-corrected chi connectivity index (χ3v) is 5.21. The summed E-state index contributed by atoms with van der Waals surface area (Å²) in [5.41, 5.74) is 0.236. The third-order valence-electron chi connectivity index (χ3n) is 4.03. The maximum absolute atomic E-state index is 14.4. The zero-order valence-electron chi connectivity index (χ0n) is 15.7. The van der Waals surface area contributed by atoms with Crippen LogP contribution in [0.25, 0.3) is 10.1 Å². The van der Waals surface area contributed by atoms with Gasteiger partial charge in [0.15, 0.2) is 5.76 Å². The molecular formula is C20H18FNO6S. The van der Waals surface area contributed by atoms with Crippen molar-refractivity contribution < 1.29 is 32.7 Å². The van der Waals surface area contributed by atoms with Gasteiger partial charge in [0.2, 0.25) is 0 Å². The lowest BCUT2D eigenvalue weighted by Gasteiger charge is -2.13. The molecule has 0 saturated heterocycles. The molecule has 0 bridgehead atoms. The number of esters is 2. The molecule has 0 aliphatic carbocycles. The fraction of sp³-hybridized carbons (Fsp3) is 0.250. The number of rotatable bonds is 7. The number of benzene rings is 1. The van der Waals surface area contributed by atoms with E-state index in [4.69, 9.17) is 13.9 Å². The summed E-state index contributed by atoms with van der Waals surface area (Å²) in [6.07, 6.45) is 1.34. The Hall–Kier alpha value is -3.20. The molecule has 2 heterocycles. The second-order valence-corrected chi connectivity index (χ2v) is 7.08. The lowest BCUT2D eigenvalue weighted by Crippen LogP contribution is -2.39. The van der Waals surface area contributed by atoms with E-state index in [1.54, 1.807) is 19.1 Å². The molecule has 1 amide bonds. The summed E-state index contributed by atoms with van der Waals surface area (Å²) in [5, 5.41) is 2.66. The molecule has 9 heteroatoms. The number of halogens is 1. The Morgan fingerprint density at radius 3 is 2.69 bits per heavy atom. The summed E-state index contributed by atoms with van der Waals surface area (Å²) >= 11 is 1.07. The van der Waals surface area contributed by atoms with Crippen LogP contribution in [-0.4, -0.2) is 30.5 Å². The Labute approximate surface area is 169 Å². The summed E-state index contributed by atoms with van der Waals surface area (Å²) < 4.78 is 30.1. The molecule has 2 aromatic heterocycles. The van der Waals surface area contributed by atoms with Crippen LogP contribution < -0.4 is 5.32 Å². The zero-order chi connectivity index (χ0) is 21.0. The molecule has 0 aliphatic rings. The van der Waals surface area contributed by atoms with Crippen LogP contribution in [0.15, 0.2) is 41.0 Å². The number of ether oxygens (including phenoxy) is 2. The number of furan rings is 1. The van der Waals surface area contributed by atoms with Gasteiger partial charge in [-0.05, 0) is 38.1 Å². The average molecular weight is 419 g/mol. The Morgan fingerprint density at radius 2 is 2.00 bits per heavy atom. The highest BCUT2D eigenvalue weighted by molar-refractivity contribution is 7.21. The van der Waals surface area contributed by atoms with E-state index in [0.29, 0.717) is 4.70 Å². The van der Waals surface area contributed by atoms with Crippen molar-refractivity contribution in [3.8, 4) is 0 Å². The number of thiophene rings is 1. The van der Waals surface area contributed by atoms with Crippen LogP contribution in [0.4, 0.5) is 4.39 Å². The number of hydrogen-bond donors (Lipinski definition) is 1. The van der Waals surface area contributed by atoms with Gasteiger partial charge in [-0.25, -0.2) is 14.0 Å². The van der Waals surface area contributed by atoms with Crippen LogP contribution in [0.5, 0.6) is 0 Å². The lowest BCUT2D eigenvalue weighted by molar-refractivity contribution is -0.146. The van der Waals surface area contributed by atoms with E-state index in [1.165, 1.54) is 31.4 Å². The molecule has 0 unspecified atom stereocenters. The van der Waals surface area contributed by atoms with Gasteiger partial charge in [0.25, 0.3) is 5.91 Å². The number of fused-ring (bicyclic) bond motifs is 1. The first kappa shape index (κ1) is 20.5. The molecule has 0 spiro atoms. The second kappa shape index (κ2) is 8.87. The average Bonchev–Trinajstić information content (AvgIpc) is 3.35. The van der Waals surface area contributed by atoms with Crippen molar-refractivity contribution in [3.05, 3.63) is 58.6 Å². The fourth-order valence-electron chi connectivity index (χ4n) is 2.67. The number of hydrogen-bond acceptors (Lipinski definition) is 7. The second-order valence-electron chi connectivity index (χ2n) is 6.02. The minimum absolute atomic E-state index is 0.0557. The van der Waals surface area contributed by atoms with Crippen molar-refractivity contribution in [2.75, 3.05) is 6.61 Å². The van der Waals surface area contributed by atoms with Crippen LogP contribution >= 0.6 is 11.3 Å². The van der Waals surface area contributed by atoms with Gasteiger partial charge in [-0.2, -0.15) is 0 Å². The maximum atomic E-state index is 14.4. The van der Waals surface area contributed by atoms with Crippen LogP contribution in [0.2, 0.25) is 0 Å². The van der Waals surface area contributed by atoms with Gasteiger partial charge < -0.3 is 19.2 Å². The van der Waals surface area contributed by atoms with E-state index < -0.39 is 29.7 Å². The molecule has 1 N–H and O–H groups in total. The SMILES string of the molecule is CCOC(=O)c1sc2cccc(F)c2c1COC(=O)[C@H](C)NC(=O)c1ccco1. The van der Waals surface area contributed by atoms with Crippen LogP contribution in [0.3, 0.4) is 0 Å². The predicted molar refractivity (Wildman–Crippen MR) is 103 cm³/mol. The Morgan fingerprint density at radius 1 is 1.21 bits per heavy atom. The number of nitrogens with one attached hydrogen (secondary N) is 1. The quantitative estimate of drug-likeness (QED) is 0.587. The molecule has 7 nitrogen and oxygen atoms in total. The molecule has 0 saturated carbocycles. The number of carbonyl (C=O) groups is 3. The topological polar surface area (TPSA) is 94.8 Å². The minimum atomic E-state index is -0.978. The van der Waals surface area contributed by atoms with Gasteiger partial charge in [-0.1, -0.05) is 6.07 Å². The molecular weight excluding hydrogens is 401 g/mol. The molecule has 0 fully saturated rings. The first-order valence-corrected chi connectivity index (χ1v) is 9.62. The smallest absolute Gasteiger partial charge is 0.348 e. The normalized spacial score (nSPS) is 11.8. The van der Waals surface area contributed by atoms with E-state index in [0.717, 1.165) is 11.3 Å². The summed E-state index contributed by atoms with van der Waals surface area (Å²) in [5.74, 6) is -2.40. The summed E-state index contributed by atoms with van der Waals surface area (Å²) in [4.78, 5) is 36.7.